The van der Waals surface area contributed by atoms with Crippen LogP contribution < -0.4 is 4.90 Å². The molecule has 164 valence electrons. The third-order valence-corrected chi connectivity index (χ3v) is 6.46. The van der Waals surface area contributed by atoms with Gasteiger partial charge in [0.05, 0.1) is 12.2 Å². The molecule has 0 spiro atoms. The van der Waals surface area contributed by atoms with E-state index >= 15 is 0 Å². The quantitative estimate of drug-likeness (QED) is 0.277. The van der Waals surface area contributed by atoms with E-state index in [-0.39, 0.29) is 5.91 Å². The summed E-state index contributed by atoms with van der Waals surface area (Å²) < 4.78 is 2.27. The number of hydrogen-bond donors (Lipinski definition) is 0. The Morgan fingerprint density at radius 1 is 0.647 bits per heavy atom. The van der Waals surface area contributed by atoms with Crippen molar-refractivity contribution in [2.75, 3.05) is 4.90 Å². The highest BCUT2D eigenvalue weighted by atomic mass is 16.2. The molecule has 1 amide bonds. The molecule has 1 aromatic heterocycles. The molecule has 4 aromatic carbocycles. The number of amides is 1. The lowest BCUT2D eigenvalue weighted by molar-refractivity contribution is -0.113. The maximum Gasteiger partial charge on any atom is 0.259 e. The molecule has 34 heavy (non-hydrogen) atoms. The Hall–Kier alpha value is -4.37. The molecule has 0 atom stereocenters. The fourth-order valence-corrected chi connectivity index (χ4v) is 4.83. The van der Waals surface area contributed by atoms with Crippen LogP contribution in [-0.2, 0) is 17.9 Å². The molecule has 3 nitrogen and oxygen atoms in total. The van der Waals surface area contributed by atoms with Crippen molar-refractivity contribution < 1.29 is 4.79 Å². The highest BCUT2D eigenvalue weighted by molar-refractivity contribution is 6.36. The first-order valence-corrected chi connectivity index (χ1v) is 11.6. The molecule has 0 saturated heterocycles. The van der Waals surface area contributed by atoms with Crippen LogP contribution in [0.2, 0.25) is 0 Å². The lowest BCUT2D eigenvalue weighted by Crippen LogP contribution is -2.25. The lowest BCUT2D eigenvalue weighted by atomic mass is 10.0. The second-order valence-corrected chi connectivity index (χ2v) is 8.67. The fraction of sp³-hybridized carbons (Fsp3) is 0.0645. The Bertz CT molecular complexity index is 1510. The summed E-state index contributed by atoms with van der Waals surface area (Å²) in [5, 5.41) is 1.15. The van der Waals surface area contributed by atoms with Gasteiger partial charge in [0, 0.05) is 40.3 Å². The molecule has 0 radical (unpaired) electrons. The smallest absolute Gasteiger partial charge is 0.259 e. The molecule has 3 heteroatoms. The molecular formula is C31H24N2O. The standard InChI is InChI=1S/C31H24N2O/c34-31-28(27-16-8-10-18-30(27)33(31)21-24-13-5-2-6-14-24)19-25-22-32(20-23-11-3-1-4-12-23)29-17-9-7-15-26(25)29/h1-19,22H,20-21H2/b28-19-. The van der Waals surface area contributed by atoms with Gasteiger partial charge < -0.3 is 9.47 Å². The monoisotopic (exact) mass is 440 g/mol. The van der Waals surface area contributed by atoms with Crippen molar-refractivity contribution >= 4 is 34.1 Å². The van der Waals surface area contributed by atoms with Gasteiger partial charge in [0.15, 0.2) is 0 Å². The van der Waals surface area contributed by atoms with Crippen molar-refractivity contribution in [2.45, 2.75) is 13.1 Å². The minimum absolute atomic E-state index is 0.0462. The third kappa shape index (κ3) is 3.61. The molecule has 2 heterocycles. The van der Waals surface area contributed by atoms with Crippen LogP contribution in [0, 0.1) is 0 Å². The van der Waals surface area contributed by atoms with Crippen LogP contribution in [-0.4, -0.2) is 10.5 Å². The average molecular weight is 441 g/mol. The summed E-state index contributed by atoms with van der Waals surface area (Å²) in [6.07, 6.45) is 4.23. The number of nitrogens with zero attached hydrogens (tertiary/aromatic N) is 2. The topological polar surface area (TPSA) is 25.2 Å². The Labute approximate surface area is 199 Å². The van der Waals surface area contributed by atoms with Crippen LogP contribution in [0.5, 0.6) is 0 Å². The molecule has 0 saturated carbocycles. The van der Waals surface area contributed by atoms with Crippen LogP contribution in [0.15, 0.2) is 115 Å². The van der Waals surface area contributed by atoms with Crippen LogP contribution in [0.1, 0.15) is 22.3 Å². The van der Waals surface area contributed by atoms with Gasteiger partial charge in [-0.15, -0.1) is 0 Å². The van der Waals surface area contributed by atoms with Gasteiger partial charge in [-0.05, 0) is 29.3 Å². The number of anilines is 1. The molecule has 1 aliphatic rings. The van der Waals surface area contributed by atoms with E-state index in [1.807, 2.05) is 53.4 Å². The van der Waals surface area contributed by atoms with Crippen LogP contribution in [0.4, 0.5) is 5.69 Å². The zero-order chi connectivity index (χ0) is 22.9. The van der Waals surface area contributed by atoms with Gasteiger partial charge in [-0.2, -0.15) is 0 Å². The summed E-state index contributed by atoms with van der Waals surface area (Å²) in [5.41, 5.74) is 7.29. The third-order valence-electron chi connectivity index (χ3n) is 6.46. The number of carbonyl (C=O) groups excluding carboxylic acids is 1. The van der Waals surface area contributed by atoms with E-state index in [0.717, 1.165) is 45.4 Å². The summed E-state index contributed by atoms with van der Waals surface area (Å²) >= 11 is 0. The van der Waals surface area contributed by atoms with Crippen LogP contribution in [0.3, 0.4) is 0 Å². The summed E-state index contributed by atoms with van der Waals surface area (Å²) in [6.45, 7) is 1.35. The molecule has 1 aliphatic heterocycles. The summed E-state index contributed by atoms with van der Waals surface area (Å²) in [4.78, 5) is 15.5. The second kappa shape index (κ2) is 8.53. The average Bonchev–Trinajstić information content (AvgIpc) is 3.36. The number of hydrogen-bond acceptors (Lipinski definition) is 1. The van der Waals surface area contributed by atoms with Crippen molar-refractivity contribution in [3.05, 3.63) is 138 Å². The molecule has 0 N–H and O–H groups in total. The van der Waals surface area contributed by atoms with Gasteiger partial charge in [0.25, 0.3) is 5.91 Å². The minimum Gasteiger partial charge on any atom is -0.342 e. The van der Waals surface area contributed by atoms with Crippen molar-refractivity contribution in [3.8, 4) is 0 Å². The van der Waals surface area contributed by atoms with Crippen molar-refractivity contribution in [1.29, 1.82) is 0 Å². The molecule has 0 aliphatic carbocycles. The second-order valence-electron chi connectivity index (χ2n) is 8.67. The van der Waals surface area contributed by atoms with Gasteiger partial charge in [-0.3, -0.25) is 4.79 Å². The fourth-order valence-electron chi connectivity index (χ4n) is 4.83. The van der Waals surface area contributed by atoms with E-state index in [2.05, 4.69) is 77.5 Å². The normalized spacial score (nSPS) is 14.2. The first kappa shape index (κ1) is 20.3. The van der Waals surface area contributed by atoms with Crippen molar-refractivity contribution in [2.24, 2.45) is 0 Å². The highest BCUT2D eigenvalue weighted by Crippen LogP contribution is 2.39. The molecular weight excluding hydrogens is 416 g/mol. The van der Waals surface area contributed by atoms with Crippen LogP contribution in [0.25, 0.3) is 22.6 Å². The zero-order valence-corrected chi connectivity index (χ0v) is 18.8. The van der Waals surface area contributed by atoms with Gasteiger partial charge in [-0.1, -0.05) is 97.1 Å². The first-order chi connectivity index (χ1) is 16.8. The molecule has 0 bridgehead atoms. The number of benzene rings is 4. The number of carbonyl (C=O) groups is 1. The first-order valence-electron chi connectivity index (χ1n) is 11.6. The Morgan fingerprint density at radius 3 is 2.03 bits per heavy atom. The molecule has 0 unspecified atom stereocenters. The number of aromatic nitrogens is 1. The minimum atomic E-state index is 0.0462. The maximum absolute atomic E-state index is 13.7. The van der Waals surface area contributed by atoms with E-state index in [4.69, 9.17) is 0 Å². The number of rotatable bonds is 5. The number of fused-ring (bicyclic) bond motifs is 2. The SMILES string of the molecule is O=C1/C(=C\c2cn(Cc3ccccc3)c3ccccc23)c2ccccc2N1Cc1ccccc1. The summed E-state index contributed by atoms with van der Waals surface area (Å²) in [7, 11) is 0. The van der Waals surface area contributed by atoms with Gasteiger partial charge in [-0.25, -0.2) is 0 Å². The lowest BCUT2D eigenvalue weighted by Gasteiger charge is -2.17. The predicted molar refractivity (Wildman–Crippen MR) is 139 cm³/mol. The molecule has 0 fully saturated rings. The molecule has 5 aromatic rings. The zero-order valence-electron chi connectivity index (χ0n) is 18.8. The largest absolute Gasteiger partial charge is 0.342 e. The van der Waals surface area contributed by atoms with E-state index in [1.165, 1.54) is 5.56 Å². The van der Waals surface area contributed by atoms with Gasteiger partial charge in [0.1, 0.15) is 0 Å². The van der Waals surface area contributed by atoms with Crippen LogP contribution >= 0.6 is 0 Å². The molecule has 6 rings (SSSR count). The van der Waals surface area contributed by atoms with E-state index in [9.17, 15) is 4.79 Å². The number of para-hydroxylation sites is 2. The predicted octanol–water partition coefficient (Wildman–Crippen LogP) is 6.78. The Morgan fingerprint density at radius 2 is 1.26 bits per heavy atom. The maximum atomic E-state index is 13.7. The van der Waals surface area contributed by atoms with E-state index in [0.29, 0.717) is 6.54 Å². The Kier molecular flexibility index (Phi) is 5.08. The van der Waals surface area contributed by atoms with Crippen molar-refractivity contribution in [3.63, 3.8) is 0 Å². The Balaban J connectivity index is 1.43. The van der Waals surface area contributed by atoms with Gasteiger partial charge >= 0.3 is 0 Å². The van der Waals surface area contributed by atoms with E-state index < -0.39 is 0 Å². The van der Waals surface area contributed by atoms with Gasteiger partial charge in [0.2, 0.25) is 0 Å². The van der Waals surface area contributed by atoms with Crippen molar-refractivity contribution in [1.82, 2.24) is 4.57 Å². The summed E-state index contributed by atoms with van der Waals surface area (Å²) in [6, 6.07) is 37.1. The van der Waals surface area contributed by atoms with E-state index in [1.54, 1.807) is 0 Å². The highest BCUT2D eigenvalue weighted by Gasteiger charge is 2.32. The summed E-state index contributed by atoms with van der Waals surface area (Å²) in [5.74, 6) is 0.0462.